The van der Waals surface area contributed by atoms with Crippen LogP contribution in [0.4, 0.5) is 13.2 Å². The molecule has 0 saturated carbocycles. The lowest BCUT2D eigenvalue weighted by molar-refractivity contribution is -0.141. The fraction of sp³-hybridized carbons (Fsp3) is 0.333. The molecule has 36 heavy (non-hydrogen) atoms. The Morgan fingerprint density at radius 2 is 1.72 bits per heavy atom. The van der Waals surface area contributed by atoms with Crippen molar-refractivity contribution >= 4 is 32.6 Å². The molecule has 1 aromatic heterocycles. The molecule has 3 aromatic rings. The third-order valence-electron chi connectivity index (χ3n) is 5.55. The number of benzene rings is 2. The lowest BCUT2D eigenvalue weighted by Gasteiger charge is -2.15. The predicted molar refractivity (Wildman–Crippen MR) is 125 cm³/mol. The summed E-state index contributed by atoms with van der Waals surface area (Å²) in [5.74, 6) is -2.22. The molecule has 2 aromatic carbocycles. The largest absolute Gasteiger partial charge is 0.462 e. The zero-order valence-electron chi connectivity index (χ0n) is 19.8. The highest BCUT2D eigenvalue weighted by Crippen LogP contribution is 2.32. The van der Waals surface area contributed by atoms with E-state index in [1.807, 2.05) is 0 Å². The van der Waals surface area contributed by atoms with Gasteiger partial charge in [0.2, 0.25) is 0 Å². The summed E-state index contributed by atoms with van der Waals surface area (Å²) in [5.41, 5.74) is 0.417. The first-order chi connectivity index (χ1) is 16.8. The van der Waals surface area contributed by atoms with E-state index in [-0.39, 0.29) is 29.2 Å². The van der Waals surface area contributed by atoms with E-state index in [0.717, 1.165) is 12.1 Å². The van der Waals surface area contributed by atoms with Crippen LogP contribution in [-0.2, 0) is 37.3 Å². The second-order valence-corrected chi connectivity index (χ2v) is 10.1. The number of rotatable bonds is 9. The minimum atomic E-state index is -4.50. The maximum absolute atomic E-state index is 13.0. The Morgan fingerprint density at radius 3 is 2.33 bits per heavy atom. The number of hydrogen-bond acceptors (Lipinski definition) is 6. The van der Waals surface area contributed by atoms with Crippen molar-refractivity contribution in [3.8, 4) is 0 Å². The van der Waals surface area contributed by atoms with Gasteiger partial charge in [-0.2, -0.15) is 13.2 Å². The molecular formula is C24H25F3N2O6S. The highest BCUT2D eigenvalue weighted by molar-refractivity contribution is 7.92. The Bertz CT molecular complexity index is 1360. The summed E-state index contributed by atoms with van der Waals surface area (Å²) in [7, 11) is -0.926. The summed E-state index contributed by atoms with van der Waals surface area (Å²) in [6, 6.07) is 9.76. The third kappa shape index (κ3) is 6.24. The summed E-state index contributed by atoms with van der Waals surface area (Å²) in [6.45, 7) is 1.78. The molecule has 8 nitrogen and oxygen atoms in total. The number of methoxy groups -OCH3 is 1. The molecule has 1 heterocycles. The van der Waals surface area contributed by atoms with Gasteiger partial charge in [0.15, 0.2) is 15.6 Å². The van der Waals surface area contributed by atoms with Crippen molar-refractivity contribution in [3.05, 3.63) is 65.4 Å². The molecule has 0 radical (unpaired) electrons. The first-order valence-electron chi connectivity index (χ1n) is 10.8. The fourth-order valence-electron chi connectivity index (χ4n) is 3.58. The van der Waals surface area contributed by atoms with Crippen LogP contribution in [0.2, 0.25) is 0 Å². The van der Waals surface area contributed by atoms with Crippen LogP contribution in [0.5, 0.6) is 0 Å². The molecule has 0 aliphatic rings. The molecule has 3 rings (SSSR count). The Hall–Kier alpha value is -3.38. The van der Waals surface area contributed by atoms with Crippen LogP contribution in [0.15, 0.2) is 53.4 Å². The van der Waals surface area contributed by atoms with E-state index in [4.69, 9.17) is 9.47 Å². The van der Waals surface area contributed by atoms with Gasteiger partial charge in [0.25, 0.3) is 5.91 Å². The van der Waals surface area contributed by atoms with Gasteiger partial charge in [0, 0.05) is 25.1 Å². The molecule has 194 valence electrons. The fourth-order valence-corrected chi connectivity index (χ4v) is 4.69. The normalized spacial score (nSPS) is 12.9. The summed E-state index contributed by atoms with van der Waals surface area (Å²) in [5, 5.41) is 3.04. The van der Waals surface area contributed by atoms with Crippen molar-refractivity contribution in [3.63, 3.8) is 0 Å². The van der Waals surface area contributed by atoms with Gasteiger partial charge in [0.05, 0.1) is 23.1 Å². The molecule has 0 aliphatic heterocycles. The number of alkyl halides is 3. The first kappa shape index (κ1) is 27.2. The van der Waals surface area contributed by atoms with E-state index in [9.17, 15) is 31.2 Å². The second-order valence-electron chi connectivity index (χ2n) is 8.10. The van der Waals surface area contributed by atoms with Crippen molar-refractivity contribution in [2.45, 2.75) is 24.0 Å². The number of nitrogens with zero attached hydrogens (tertiary/aromatic N) is 1. The topological polar surface area (TPSA) is 104 Å². The predicted octanol–water partition coefficient (Wildman–Crippen LogP) is 3.65. The summed E-state index contributed by atoms with van der Waals surface area (Å²) < 4.78 is 75.0. The average Bonchev–Trinajstić information content (AvgIpc) is 3.14. The van der Waals surface area contributed by atoms with Gasteiger partial charge < -0.3 is 19.4 Å². The van der Waals surface area contributed by atoms with E-state index in [2.05, 4.69) is 5.32 Å². The van der Waals surface area contributed by atoms with Gasteiger partial charge in [-0.1, -0.05) is 12.1 Å². The summed E-state index contributed by atoms with van der Waals surface area (Å²) in [6.07, 6.45) is -4.50. The number of carbonyl (C=O) groups is 2. The molecule has 12 heteroatoms. The van der Waals surface area contributed by atoms with Gasteiger partial charge in [0.1, 0.15) is 12.3 Å². The van der Waals surface area contributed by atoms with Gasteiger partial charge in [-0.05, 0) is 48.9 Å². The Morgan fingerprint density at radius 1 is 1.06 bits per heavy atom. The SMILES string of the molecule is COCCOC(=O)CS(=O)(=O)c1ccc(C(C)NC(=O)c2cc3cc(C(F)(F)F)ccc3n2C)cc1. The van der Waals surface area contributed by atoms with Crippen molar-refractivity contribution in [1.29, 1.82) is 0 Å². The molecule has 1 atom stereocenters. The number of carbonyl (C=O) groups excluding carboxylic acids is 2. The summed E-state index contributed by atoms with van der Waals surface area (Å²) in [4.78, 5) is 24.5. The van der Waals surface area contributed by atoms with Gasteiger partial charge >= 0.3 is 12.1 Å². The number of esters is 1. The smallest absolute Gasteiger partial charge is 0.416 e. The summed E-state index contributed by atoms with van der Waals surface area (Å²) >= 11 is 0. The van der Waals surface area contributed by atoms with Crippen molar-refractivity contribution in [1.82, 2.24) is 9.88 Å². The molecule has 0 spiro atoms. The Labute approximate surface area is 205 Å². The van der Waals surface area contributed by atoms with Crippen molar-refractivity contribution in [2.75, 3.05) is 26.1 Å². The van der Waals surface area contributed by atoms with Crippen LogP contribution in [0.1, 0.15) is 34.6 Å². The van der Waals surface area contributed by atoms with Crippen LogP contribution in [0, 0.1) is 0 Å². The molecule has 0 aliphatic carbocycles. The van der Waals surface area contributed by atoms with Crippen molar-refractivity contribution in [2.24, 2.45) is 7.05 Å². The standard InChI is InChI=1S/C24H25F3N2O6S/c1-15(16-4-7-19(8-5-16)36(32,33)14-22(30)35-11-10-34-3)28-23(31)21-13-17-12-18(24(25,26)27)6-9-20(17)29(21)2/h4-9,12-13,15H,10-11,14H2,1-3H3,(H,28,31). The number of fused-ring (bicyclic) bond motifs is 1. The number of halogens is 3. The van der Waals surface area contributed by atoms with E-state index in [1.165, 1.54) is 48.1 Å². The Balaban J connectivity index is 1.70. The van der Waals surface area contributed by atoms with Crippen LogP contribution >= 0.6 is 0 Å². The van der Waals surface area contributed by atoms with Crippen LogP contribution < -0.4 is 5.32 Å². The van der Waals surface area contributed by atoms with Crippen LogP contribution in [-0.4, -0.2) is 50.9 Å². The molecule has 1 unspecified atom stereocenters. The maximum atomic E-state index is 13.0. The number of hydrogen-bond donors (Lipinski definition) is 1. The van der Waals surface area contributed by atoms with Crippen LogP contribution in [0.3, 0.4) is 0 Å². The molecule has 0 saturated heterocycles. The Kier molecular flexibility index (Phi) is 8.09. The van der Waals surface area contributed by atoms with Crippen molar-refractivity contribution < 1.29 is 40.7 Å². The van der Waals surface area contributed by atoms with Gasteiger partial charge in [-0.25, -0.2) is 8.42 Å². The van der Waals surface area contributed by atoms with E-state index in [0.29, 0.717) is 11.1 Å². The third-order valence-corrected chi connectivity index (χ3v) is 7.15. The first-order valence-corrected chi connectivity index (χ1v) is 12.4. The average molecular weight is 527 g/mol. The van der Waals surface area contributed by atoms with E-state index < -0.39 is 45.2 Å². The molecular weight excluding hydrogens is 501 g/mol. The minimum Gasteiger partial charge on any atom is -0.462 e. The van der Waals surface area contributed by atoms with Gasteiger partial charge in [-0.3, -0.25) is 9.59 Å². The van der Waals surface area contributed by atoms with E-state index >= 15 is 0 Å². The van der Waals surface area contributed by atoms with E-state index in [1.54, 1.807) is 14.0 Å². The number of nitrogens with one attached hydrogen (secondary N) is 1. The molecule has 0 fully saturated rings. The zero-order valence-corrected chi connectivity index (χ0v) is 20.6. The minimum absolute atomic E-state index is 0.0544. The number of amides is 1. The van der Waals surface area contributed by atoms with Gasteiger partial charge in [-0.15, -0.1) is 0 Å². The quantitative estimate of drug-likeness (QED) is 0.337. The molecule has 0 bridgehead atoms. The van der Waals surface area contributed by atoms with Crippen LogP contribution in [0.25, 0.3) is 10.9 Å². The zero-order chi connectivity index (χ0) is 26.7. The number of sulfone groups is 1. The highest BCUT2D eigenvalue weighted by atomic mass is 32.2. The highest BCUT2D eigenvalue weighted by Gasteiger charge is 2.31. The molecule has 1 N–H and O–H groups in total. The second kappa shape index (κ2) is 10.7. The maximum Gasteiger partial charge on any atom is 0.416 e. The number of ether oxygens (including phenoxy) is 2. The lowest BCUT2D eigenvalue weighted by atomic mass is 10.1. The monoisotopic (exact) mass is 526 g/mol. The number of aromatic nitrogens is 1. The number of aryl methyl sites for hydroxylation is 1. The molecule has 1 amide bonds. The lowest BCUT2D eigenvalue weighted by Crippen LogP contribution is -2.28.